The zero-order chi connectivity index (χ0) is 24.4. The van der Waals surface area contributed by atoms with E-state index in [1.54, 1.807) is 25.1 Å². The number of nitrogens with one attached hydrogen (secondary N) is 1. The standard InChI is InChI=1S/C25H25F2N3O4/c1-4-5-10-34-20-9-6-15(11-21(20)33-3)24(32)17-13-22(31)28-25-23(17)14(2)29-30(25)19-8-7-16(26)12-18(19)27/h6-9,11-12,17H,4-5,10,13H2,1-3H3,(H,28,31)/t17-/m1/s1. The Morgan fingerprint density at radius 3 is 2.71 bits per heavy atom. The molecule has 1 amide bonds. The Labute approximate surface area is 195 Å². The number of ether oxygens (including phenoxy) is 2. The number of benzene rings is 2. The lowest BCUT2D eigenvalue weighted by molar-refractivity contribution is -0.116. The van der Waals surface area contributed by atoms with E-state index in [0.717, 1.165) is 25.0 Å². The van der Waals surface area contributed by atoms with Crippen LogP contribution in [-0.4, -0.2) is 35.2 Å². The van der Waals surface area contributed by atoms with Crippen molar-refractivity contribution in [3.05, 3.63) is 64.9 Å². The zero-order valence-corrected chi connectivity index (χ0v) is 19.2. The topological polar surface area (TPSA) is 82.5 Å². The molecule has 3 aromatic rings. The number of methoxy groups -OCH3 is 1. The van der Waals surface area contributed by atoms with Gasteiger partial charge in [0.05, 0.1) is 25.3 Å². The van der Waals surface area contributed by atoms with Crippen LogP contribution in [0.4, 0.5) is 14.6 Å². The van der Waals surface area contributed by atoms with E-state index in [0.29, 0.717) is 34.9 Å². The number of nitrogens with zero attached hydrogens (tertiary/aromatic N) is 2. The molecule has 0 saturated carbocycles. The summed E-state index contributed by atoms with van der Waals surface area (Å²) in [6.07, 6.45) is 1.79. The summed E-state index contributed by atoms with van der Waals surface area (Å²) in [6.45, 7) is 4.27. The Hall–Kier alpha value is -3.75. The van der Waals surface area contributed by atoms with E-state index < -0.39 is 23.5 Å². The van der Waals surface area contributed by atoms with Gasteiger partial charge in [-0.05, 0) is 43.7 Å². The molecule has 0 saturated heterocycles. The van der Waals surface area contributed by atoms with Gasteiger partial charge >= 0.3 is 0 Å². The lowest BCUT2D eigenvalue weighted by atomic mass is 9.85. The van der Waals surface area contributed by atoms with Crippen LogP contribution in [-0.2, 0) is 4.79 Å². The van der Waals surface area contributed by atoms with Crippen molar-refractivity contribution in [3.8, 4) is 17.2 Å². The Kier molecular flexibility index (Phi) is 6.63. The first kappa shape index (κ1) is 23.4. The average molecular weight is 469 g/mol. The number of ketones is 1. The van der Waals surface area contributed by atoms with E-state index in [1.807, 2.05) is 0 Å². The summed E-state index contributed by atoms with van der Waals surface area (Å²) in [7, 11) is 1.49. The lowest BCUT2D eigenvalue weighted by Crippen LogP contribution is -2.28. The van der Waals surface area contributed by atoms with Crippen LogP contribution in [0.25, 0.3) is 5.69 Å². The fraction of sp³-hybridized carbons (Fsp3) is 0.320. The van der Waals surface area contributed by atoms with Gasteiger partial charge in [0.2, 0.25) is 5.91 Å². The molecule has 1 atom stereocenters. The molecule has 4 rings (SSSR count). The SMILES string of the molecule is CCCCOc1ccc(C(=O)[C@@H]2CC(=O)Nc3c2c(C)nn3-c2ccc(F)cc2F)cc1OC. The van der Waals surface area contributed by atoms with Gasteiger partial charge < -0.3 is 14.8 Å². The van der Waals surface area contributed by atoms with Crippen LogP contribution in [0, 0.1) is 18.6 Å². The van der Waals surface area contributed by atoms with Crippen molar-refractivity contribution in [1.29, 1.82) is 0 Å². The van der Waals surface area contributed by atoms with Gasteiger partial charge in [0, 0.05) is 23.6 Å². The van der Waals surface area contributed by atoms with Crippen LogP contribution in [0.2, 0.25) is 0 Å². The number of carbonyl (C=O) groups is 2. The number of aromatic nitrogens is 2. The number of anilines is 1. The first-order valence-electron chi connectivity index (χ1n) is 11.0. The van der Waals surface area contributed by atoms with Gasteiger partial charge in [-0.3, -0.25) is 9.59 Å². The Bertz CT molecular complexity index is 1260. The quantitative estimate of drug-likeness (QED) is 0.373. The molecule has 1 N–H and O–H groups in total. The van der Waals surface area contributed by atoms with Gasteiger partial charge in [-0.2, -0.15) is 5.10 Å². The zero-order valence-electron chi connectivity index (χ0n) is 19.2. The Morgan fingerprint density at radius 2 is 2.00 bits per heavy atom. The van der Waals surface area contributed by atoms with Crippen molar-refractivity contribution in [2.45, 2.75) is 39.0 Å². The molecule has 1 aliphatic rings. The van der Waals surface area contributed by atoms with Crippen molar-refractivity contribution in [2.24, 2.45) is 0 Å². The van der Waals surface area contributed by atoms with Gasteiger partial charge in [-0.1, -0.05) is 13.3 Å². The van der Waals surface area contributed by atoms with E-state index in [-0.39, 0.29) is 23.7 Å². The molecule has 0 spiro atoms. The number of fused-ring (bicyclic) bond motifs is 1. The van der Waals surface area contributed by atoms with E-state index in [1.165, 1.54) is 17.9 Å². The summed E-state index contributed by atoms with van der Waals surface area (Å²) in [6, 6.07) is 7.98. The predicted octanol–water partition coefficient (Wildman–Crippen LogP) is 4.96. The van der Waals surface area contributed by atoms with E-state index in [2.05, 4.69) is 17.3 Å². The van der Waals surface area contributed by atoms with Crippen LogP contribution in [0.5, 0.6) is 11.5 Å². The molecule has 34 heavy (non-hydrogen) atoms. The molecule has 0 aliphatic carbocycles. The van der Waals surface area contributed by atoms with Gasteiger partial charge in [-0.25, -0.2) is 13.5 Å². The third-order valence-corrected chi connectivity index (χ3v) is 5.76. The van der Waals surface area contributed by atoms with Crippen molar-refractivity contribution in [2.75, 3.05) is 19.0 Å². The molecule has 0 bridgehead atoms. The van der Waals surface area contributed by atoms with Crippen LogP contribution in [0.3, 0.4) is 0 Å². The smallest absolute Gasteiger partial charge is 0.226 e. The van der Waals surface area contributed by atoms with E-state index in [9.17, 15) is 18.4 Å². The highest BCUT2D eigenvalue weighted by Crippen LogP contribution is 2.39. The first-order valence-corrected chi connectivity index (χ1v) is 11.0. The summed E-state index contributed by atoms with van der Waals surface area (Å²) in [5.41, 5.74) is 1.28. The van der Waals surface area contributed by atoms with Crippen molar-refractivity contribution in [1.82, 2.24) is 9.78 Å². The molecule has 178 valence electrons. The molecule has 9 heteroatoms. The number of carbonyl (C=O) groups excluding carboxylic acids is 2. The summed E-state index contributed by atoms with van der Waals surface area (Å²) in [4.78, 5) is 26.0. The van der Waals surface area contributed by atoms with E-state index >= 15 is 0 Å². The first-order chi connectivity index (χ1) is 16.3. The maximum absolute atomic E-state index is 14.5. The summed E-state index contributed by atoms with van der Waals surface area (Å²) in [5, 5.41) is 7.04. The third-order valence-electron chi connectivity index (χ3n) is 5.76. The van der Waals surface area contributed by atoms with Gasteiger partial charge in [0.25, 0.3) is 0 Å². The minimum Gasteiger partial charge on any atom is -0.493 e. The van der Waals surface area contributed by atoms with Crippen LogP contribution in [0.15, 0.2) is 36.4 Å². The molecular weight excluding hydrogens is 444 g/mol. The minimum atomic E-state index is -0.837. The minimum absolute atomic E-state index is 0.0330. The number of aryl methyl sites for hydroxylation is 1. The molecular formula is C25H25F2N3O4. The largest absolute Gasteiger partial charge is 0.493 e. The molecule has 7 nitrogen and oxygen atoms in total. The molecule has 1 aliphatic heterocycles. The third kappa shape index (κ3) is 4.37. The van der Waals surface area contributed by atoms with E-state index in [4.69, 9.17) is 9.47 Å². The fourth-order valence-electron chi connectivity index (χ4n) is 4.07. The van der Waals surface area contributed by atoms with Gasteiger partial charge in [0.1, 0.15) is 17.3 Å². The highest BCUT2D eigenvalue weighted by atomic mass is 19.1. The molecule has 0 radical (unpaired) electrons. The number of amides is 1. The van der Waals surface area contributed by atoms with Gasteiger partial charge in [-0.15, -0.1) is 0 Å². The number of rotatable bonds is 8. The Balaban J connectivity index is 1.71. The second-order valence-corrected chi connectivity index (χ2v) is 8.09. The number of halogens is 2. The molecule has 0 unspecified atom stereocenters. The summed E-state index contributed by atoms with van der Waals surface area (Å²) in [5.74, 6) is -1.93. The maximum Gasteiger partial charge on any atom is 0.226 e. The molecule has 2 heterocycles. The number of Topliss-reactive ketones (excluding diaryl/α,β-unsaturated/α-hetero) is 1. The summed E-state index contributed by atoms with van der Waals surface area (Å²) < 4.78 is 40.2. The van der Waals surface area contributed by atoms with Crippen LogP contribution < -0.4 is 14.8 Å². The molecule has 1 aromatic heterocycles. The van der Waals surface area contributed by atoms with Crippen molar-refractivity contribution < 1.29 is 27.8 Å². The number of hydrogen-bond acceptors (Lipinski definition) is 5. The number of unbranched alkanes of at least 4 members (excludes halogenated alkanes) is 1. The Morgan fingerprint density at radius 1 is 1.21 bits per heavy atom. The average Bonchev–Trinajstić information content (AvgIpc) is 3.14. The van der Waals surface area contributed by atoms with Crippen molar-refractivity contribution in [3.63, 3.8) is 0 Å². The monoisotopic (exact) mass is 469 g/mol. The van der Waals surface area contributed by atoms with Crippen LogP contribution >= 0.6 is 0 Å². The normalized spacial score (nSPS) is 15.0. The highest BCUT2D eigenvalue weighted by molar-refractivity contribution is 6.08. The van der Waals surface area contributed by atoms with Gasteiger partial charge in [0.15, 0.2) is 23.1 Å². The summed E-state index contributed by atoms with van der Waals surface area (Å²) >= 11 is 0. The second-order valence-electron chi connectivity index (χ2n) is 8.09. The van der Waals surface area contributed by atoms with Crippen molar-refractivity contribution >= 4 is 17.5 Å². The fourth-order valence-corrected chi connectivity index (χ4v) is 4.07. The predicted molar refractivity (Wildman–Crippen MR) is 122 cm³/mol. The lowest BCUT2D eigenvalue weighted by Gasteiger charge is -2.23. The van der Waals surface area contributed by atoms with Crippen LogP contribution in [0.1, 0.15) is 53.7 Å². The number of hydrogen-bond donors (Lipinski definition) is 1. The second kappa shape index (κ2) is 9.62. The molecule has 2 aromatic carbocycles. The molecule has 0 fully saturated rings. The highest BCUT2D eigenvalue weighted by Gasteiger charge is 2.37. The maximum atomic E-state index is 14.5.